The van der Waals surface area contributed by atoms with E-state index in [1.54, 1.807) is 6.42 Å². The Labute approximate surface area is 71.7 Å². The van der Waals surface area contributed by atoms with Crippen molar-refractivity contribution in [2.75, 3.05) is 0 Å². The third kappa shape index (κ3) is 0.120. The number of hydrogen-bond donors (Lipinski definition) is 0. The van der Waals surface area contributed by atoms with E-state index in [4.69, 9.17) is 0 Å². The average Bonchev–Trinajstić information content (AvgIpc) is 2.91. The Hall–Kier alpha value is 0. The van der Waals surface area contributed by atoms with Gasteiger partial charge in [0.25, 0.3) is 0 Å². The molecule has 0 radical (unpaired) electrons. The molecule has 0 saturated heterocycles. The second-order valence-electron chi connectivity index (χ2n) is 7.07. The summed E-state index contributed by atoms with van der Waals surface area (Å²) < 4.78 is 0. The van der Waals surface area contributed by atoms with Crippen molar-refractivity contribution in [3.8, 4) is 0 Å². The van der Waals surface area contributed by atoms with Gasteiger partial charge in [-0.1, -0.05) is 6.92 Å². The van der Waals surface area contributed by atoms with Gasteiger partial charge in [-0.05, 0) is 64.1 Å². The number of hydrogen-bond acceptors (Lipinski definition) is 0. The summed E-state index contributed by atoms with van der Waals surface area (Å²) in [6, 6.07) is 0. The van der Waals surface area contributed by atoms with E-state index in [0.29, 0.717) is 0 Å². The molecule has 0 aromatic carbocycles. The lowest BCUT2D eigenvalue weighted by atomic mass is 9.63. The van der Waals surface area contributed by atoms with Crippen molar-refractivity contribution in [2.45, 2.75) is 13.3 Å². The first-order valence-corrected chi connectivity index (χ1v) is 5.87. The van der Waals surface area contributed by atoms with E-state index in [1.165, 1.54) is 41.4 Å². The van der Waals surface area contributed by atoms with E-state index in [-0.39, 0.29) is 0 Å². The van der Waals surface area contributed by atoms with Crippen molar-refractivity contribution in [3.63, 3.8) is 0 Å². The molecule has 0 amide bonds. The lowest BCUT2D eigenvalue weighted by Gasteiger charge is -2.41. The minimum absolute atomic E-state index is 1.10. The molecule has 12 heavy (non-hydrogen) atoms. The van der Waals surface area contributed by atoms with Crippen molar-refractivity contribution < 1.29 is 0 Å². The molecular formula is C12H12. The van der Waals surface area contributed by atoms with Gasteiger partial charge in [-0.3, -0.25) is 0 Å². The van der Waals surface area contributed by atoms with Crippen molar-refractivity contribution >= 4 is 0 Å². The monoisotopic (exact) mass is 156 g/mol. The summed E-state index contributed by atoms with van der Waals surface area (Å²) >= 11 is 0. The number of rotatable bonds is 0. The molecule has 0 bridgehead atoms. The van der Waals surface area contributed by atoms with Crippen LogP contribution in [0.3, 0.4) is 0 Å². The van der Waals surface area contributed by atoms with Crippen molar-refractivity contribution in [3.05, 3.63) is 0 Å². The SMILES string of the molecule is CC1C2C1C1CC34C5C2C2C13C524. The second kappa shape index (κ2) is 0.688. The fourth-order valence-electron chi connectivity index (χ4n) is 8.69. The predicted octanol–water partition coefficient (Wildman–Crippen LogP) is 1.76. The van der Waals surface area contributed by atoms with Crippen LogP contribution in [-0.2, 0) is 0 Å². The summed E-state index contributed by atoms with van der Waals surface area (Å²) in [5, 5.41) is 0. The Kier molecular flexibility index (Phi) is 0.257. The van der Waals surface area contributed by atoms with Gasteiger partial charge < -0.3 is 0 Å². The van der Waals surface area contributed by atoms with Crippen LogP contribution < -0.4 is 0 Å². The highest BCUT2D eigenvalue weighted by Crippen LogP contribution is 3.36. The van der Waals surface area contributed by atoms with Gasteiger partial charge >= 0.3 is 0 Å². The first-order valence-electron chi connectivity index (χ1n) is 5.87. The molecule has 0 nitrogen and oxygen atoms in total. The molecule has 60 valence electrons. The maximum absolute atomic E-state index is 2.54. The molecule has 0 aromatic heterocycles. The van der Waals surface area contributed by atoms with Gasteiger partial charge in [0.05, 0.1) is 0 Å². The van der Waals surface area contributed by atoms with Gasteiger partial charge in [-0.15, -0.1) is 0 Å². The second-order valence-corrected chi connectivity index (χ2v) is 7.07. The van der Waals surface area contributed by atoms with Crippen LogP contribution in [0.4, 0.5) is 0 Å². The zero-order chi connectivity index (χ0) is 7.25. The molecule has 7 saturated carbocycles. The molecule has 0 N–H and O–H groups in total. The third-order valence-electron chi connectivity index (χ3n) is 8.26. The van der Waals surface area contributed by atoms with Crippen LogP contribution in [0.2, 0.25) is 0 Å². The van der Waals surface area contributed by atoms with Gasteiger partial charge in [0, 0.05) is 0 Å². The fraction of sp³-hybridized carbons (Fsp3) is 1.00. The summed E-state index contributed by atoms with van der Waals surface area (Å²) in [7, 11) is 0. The maximum atomic E-state index is 2.54. The normalized spacial score (nSPS) is 113. The zero-order valence-corrected chi connectivity index (χ0v) is 7.25. The Balaban J connectivity index is 1.69. The zero-order valence-electron chi connectivity index (χ0n) is 7.25. The minimum atomic E-state index is 1.10. The van der Waals surface area contributed by atoms with Crippen molar-refractivity contribution in [2.24, 2.45) is 57.7 Å². The highest BCUT2D eigenvalue weighted by Gasteiger charge is 3.34. The molecule has 7 rings (SSSR count). The van der Waals surface area contributed by atoms with Crippen molar-refractivity contribution in [1.29, 1.82) is 0 Å². The van der Waals surface area contributed by atoms with Crippen LogP contribution in [0.15, 0.2) is 0 Å². The summed E-state index contributed by atoms with van der Waals surface area (Å²) in [6.45, 7) is 2.54. The molecule has 0 aromatic rings. The minimum Gasteiger partial charge on any atom is -0.0619 e. The molecule has 0 heteroatoms. The number of fused-ring (bicyclic) bond motifs is 4. The summed E-state index contributed by atoms with van der Waals surface area (Å²) in [4.78, 5) is 0. The average molecular weight is 156 g/mol. The first kappa shape index (κ1) is 4.48. The Morgan fingerprint density at radius 2 is 1.92 bits per heavy atom. The molecule has 0 heterocycles. The van der Waals surface area contributed by atoms with Crippen LogP contribution in [-0.4, -0.2) is 0 Å². The van der Waals surface area contributed by atoms with Gasteiger partial charge in [-0.2, -0.15) is 0 Å². The highest BCUT2D eigenvalue weighted by atomic mass is 15.4. The molecule has 7 aliphatic carbocycles. The van der Waals surface area contributed by atoms with E-state index in [0.717, 1.165) is 16.2 Å². The molecule has 10 atom stereocenters. The largest absolute Gasteiger partial charge is 0.0619 e. The fourth-order valence-corrected chi connectivity index (χ4v) is 8.69. The standard InChI is InChI=1S/C12H12/c1-3-5-4-2-10-8-7(6(3)5)9-11(4,10)12(8,9)10/h3-9H,2H2,1H3. The van der Waals surface area contributed by atoms with Crippen LogP contribution in [0, 0.1) is 57.7 Å². The molecule has 7 aliphatic rings. The lowest BCUT2D eigenvalue weighted by molar-refractivity contribution is 0.0601. The highest BCUT2D eigenvalue weighted by molar-refractivity contribution is 5.79. The van der Waals surface area contributed by atoms with E-state index in [1.807, 2.05) is 0 Å². The third-order valence-corrected chi connectivity index (χ3v) is 8.26. The van der Waals surface area contributed by atoms with E-state index in [2.05, 4.69) is 6.92 Å². The summed E-state index contributed by atoms with van der Waals surface area (Å²) in [5.41, 5.74) is 3.34. The Morgan fingerprint density at radius 3 is 2.75 bits per heavy atom. The van der Waals surface area contributed by atoms with Gasteiger partial charge in [0.1, 0.15) is 0 Å². The lowest BCUT2D eigenvalue weighted by Crippen LogP contribution is -2.36. The molecule has 7 fully saturated rings. The van der Waals surface area contributed by atoms with E-state index in [9.17, 15) is 0 Å². The van der Waals surface area contributed by atoms with Crippen LogP contribution >= 0.6 is 0 Å². The van der Waals surface area contributed by atoms with Gasteiger partial charge in [0.15, 0.2) is 0 Å². The van der Waals surface area contributed by atoms with Gasteiger partial charge in [-0.25, -0.2) is 0 Å². The predicted molar refractivity (Wildman–Crippen MR) is 42.0 cm³/mol. The van der Waals surface area contributed by atoms with Crippen LogP contribution in [0.25, 0.3) is 0 Å². The van der Waals surface area contributed by atoms with Gasteiger partial charge in [0.2, 0.25) is 0 Å². The van der Waals surface area contributed by atoms with Crippen LogP contribution in [0.1, 0.15) is 13.3 Å². The first-order chi connectivity index (χ1) is 5.87. The summed E-state index contributed by atoms with van der Waals surface area (Å²) in [5.74, 6) is 8.98. The molecular weight excluding hydrogens is 144 g/mol. The molecule has 0 aliphatic heterocycles. The summed E-state index contributed by atoms with van der Waals surface area (Å²) in [6.07, 6.45) is 1.72. The van der Waals surface area contributed by atoms with Crippen molar-refractivity contribution in [1.82, 2.24) is 0 Å². The van der Waals surface area contributed by atoms with Crippen LogP contribution in [0.5, 0.6) is 0 Å². The maximum Gasteiger partial charge on any atom is -0.00905 e. The Morgan fingerprint density at radius 1 is 1.00 bits per heavy atom. The van der Waals surface area contributed by atoms with E-state index < -0.39 is 0 Å². The molecule has 10 unspecified atom stereocenters. The van der Waals surface area contributed by atoms with E-state index >= 15 is 0 Å². The Bertz CT molecular complexity index is 395. The smallest absolute Gasteiger partial charge is 0.00905 e. The topological polar surface area (TPSA) is 0 Å². The molecule has 3 spiro atoms. The quantitative estimate of drug-likeness (QED) is 0.501.